The molecular formula is C27H32N2O5S. The van der Waals surface area contributed by atoms with E-state index in [2.05, 4.69) is 5.32 Å². The SMILES string of the molecule is CCOc1ccc(OCC)c(NC(=O)c2cccc(CN(c3ccc(C)c(C)c3)S(C)(=O)=O)c2)c1. The van der Waals surface area contributed by atoms with Gasteiger partial charge in [-0.25, -0.2) is 8.42 Å². The highest BCUT2D eigenvalue weighted by Gasteiger charge is 2.19. The van der Waals surface area contributed by atoms with Gasteiger partial charge in [0.25, 0.3) is 5.91 Å². The van der Waals surface area contributed by atoms with E-state index in [9.17, 15) is 13.2 Å². The van der Waals surface area contributed by atoms with Gasteiger partial charge >= 0.3 is 0 Å². The van der Waals surface area contributed by atoms with Gasteiger partial charge in [0.1, 0.15) is 11.5 Å². The summed E-state index contributed by atoms with van der Waals surface area (Å²) in [6.07, 6.45) is 1.18. The second-order valence-corrected chi connectivity index (χ2v) is 10.1. The first-order valence-electron chi connectivity index (χ1n) is 11.5. The molecule has 3 rings (SSSR count). The fraction of sp³-hybridized carbons (Fsp3) is 0.296. The maximum Gasteiger partial charge on any atom is 0.255 e. The third-order valence-electron chi connectivity index (χ3n) is 5.50. The Balaban J connectivity index is 1.87. The second-order valence-electron chi connectivity index (χ2n) is 8.22. The molecule has 0 bridgehead atoms. The van der Waals surface area contributed by atoms with Crippen LogP contribution in [0, 0.1) is 13.8 Å². The number of nitrogens with one attached hydrogen (secondary N) is 1. The summed E-state index contributed by atoms with van der Waals surface area (Å²) >= 11 is 0. The Morgan fingerprint density at radius 3 is 2.31 bits per heavy atom. The summed E-state index contributed by atoms with van der Waals surface area (Å²) in [5.74, 6) is 0.828. The molecule has 0 aliphatic heterocycles. The van der Waals surface area contributed by atoms with Crippen LogP contribution in [0.15, 0.2) is 60.7 Å². The van der Waals surface area contributed by atoms with Crippen LogP contribution in [0.2, 0.25) is 0 Å². The number of carbonyl (C=O) groups is 1. The van der Waals surface area contributed by atoms with Gasteiger partial charge in [0, 0.05) is 11.6 Å². The molecule has 0 heterocycles. The first kappa shape index (κ1) is 26.1. The summed E-state index contributed by atoms with van der Waals surface area (Å²) in [7, 11) is -3.55. The summed E-state index contributed by atoms with van der Waals surface area (Å²) in [4.78, 5) is 13.1. The molecule has 0 atom stereocenters. The fourth-order valence-corrected chi connectivity index (χ4v) is 4.48. The van der Waals surface area contributed by atoms with Crippen LogP contribution in [-0.4, -0.2) is 33.8 Å². The van der Waals surface area contributed by atoms with E-state index in [1.165, 1.54) is 10.6 Å². The topological polar surface area (TPSA) is 84.9 Å². The number of amides is 1. The van der Waals surface area contributed by atoms with Crippen LogP contribution in [-0.2, 0) is 16.6 Å². The van der Waals surface area contributed by atoms with Crippen LogP contribution in [0.1, 0.15) is 40.9 Å². The maximum atomic E-state index is 13.1. The van der Waals surface area contributed by atoms with E-state index in [0.717, 1.165) is 11.1 Å². The first-order chi connectivity index (χ1) is 16.6. The lowest BCUT2D eigenvalue weighted by Crippen LogP contribution is -2.29. The van der Waals surface area contributed by atoms with Crippen molar-refractivity contribution in [2.75, 3.05) is 29.1 Å². The Kier molecular flexibility index (Phi) is 8.40. The molecule has 0 aromatic heterocycles. The van der Waals surface area contributed by atoms with Crippen LogP contribution < -0.4 is 19.1 Å². The molecule has 7 nitrogen and oxygen atoms in total. The van der Waals surface area contributed by atoms with Crippen LogP contribution in [0.3, 0.4) is 0 Å². The van der Waals surface area contributed by atoms with E-state index in [0.29, 0.717) is 47.2 Å². The molecule has 0 unspecified atom stereocenters. The number of hydrogen-bond acceptors (Lipinski definition) is 5. The minimum absolute atomic E-state index is 0.104. The highest BCUT2D eigenvalue weighted by atomic mass is 32.2. The van der Waals surface area contributed by atoms with Crippen LogP contribution >= 0.6 is 0 Å². The normalized spacial score (nSPS) is 11.1. The molecule has 0 saturated heterocycles. The molecule has 0 spiro atoms. The summed E-state index contributed by atoms with van der Waals surface area (Å²) in [6.45, 7) is 8.74. The number of carbonyl (C=O) groups excluding carboxylic acids is 1. The highest BCUT2D eigenvalue weighted by molar-refractivity contribution is 7.92. The number of anilines is 2. The molecule has 35 heavy (non-hydrogen) atoms. The summed E-state index contributed by atoms with van der Waals surface area (Å²) < 4.78 is 37.7. The lowest BCUT2D eigenvalue weighted by Gasteiger charge is -2.23. The van der Waals surface area contributed by atoms with Crippen molar-refractivity contribution >= 4 is 27.3 Å². The van der Waals surface area contributed by atoms with Gasteiger partial charge in [0.15, 0.2) is 0 Å². The molecule has 0 radical (unpaired) electrons. The Morgan fingerprint density at radius 1 is 0.914 bits per heavy atom. The van der Waals surface area contributed by atoms with E-state index in [-0.39, 0.29) is 12.5 Å². The smallest absolute Gasteiger partial charge is 0.255 e. The average molecular weight is 497 g/mol. The van der Waals surface area contributed by atoms with Gasteiger partial charge in [-0.15, -0.1) is 0 Å². The molecule has 0 fully saturated rings. The van der Waals surface area contributed by atoms with Gasteiger partial charge in [0.05, 0.1) is 37.4 Å². The number of rotatable bonds is 10. The lowest BCUT2D eigenvalue weighted by atomic mass is 10.1. The number of benzene rings is 3. The van der Waals surface area contributed by atoms with Crippen molar-refractivity contribution < 1.29 is 22.7 Å². The van der Waals surface area contributed by atoms with Gasteiger partial charge in [0.2, 0.25) is 10.0 Å². The third-order valence-corrected chi connectivity index (χ3v) is 6.64. The zero-order valence-electron chi connectivity index (χ0n) is 20.8. The minimum atomic E-state index is -3.55. The van der Waals surface area contributed by atoms with E-state index in [1.54, 1.807) is 48.5 Å². The van der Waals surface area contributed by atoms with Gasteiger partial charge in [-0.05, 0) is 80.8 Å². The van der Waals surface area contributed by atoms with Crippen LogP contribution in [0.5, 0.6) is 11.5 Å². The summed E-state index contributed by atoms with van der Waals surface area (Å²) in [5, 5.41) is 2.89. The number of ether oxygens (including phenoxy) is 2. The third kappa shape index (κ3) is 6.76. The molecule has 1 N–H and O–H groups in total. The zero-order chi connectivity index (χ0) is 25.6. The van der Waals surface area contributed by atoms with Crippen molar-refractivity contribution in [2.24, 2.45) is 0 Å². The van der Waals surface area contributed by atoms with E-state index in [4.69, 9.17) is 9.47 Å². The molecule has 8 heteroatoms. The molecule has 1 amide bonds. The van der Waals surface area contributed by atoms with Crippen molar-refractivity contribution in [3.63, 3.8) is 0 Å². The molecule has 0 aliphatic rings. The molecule has 186 valence electrons. The van der Waals surface area contributed by atoms with E-state index >= 15 is 0 Å². The van der Waals surface area contributed by atoms with Crippen LogP contribution in [0.25, 0.3) is 0 Å². The van der Waals surface area contributed by atoms with Crippen molar-refractivity contribution in [3.05, 3.63) is 82.9 Å². The van der Waals surface area contributed by atoms with E-state index < -0.39 is 10.0 Å². The largest absolute Gasteiger partial charge is 0.494 e. The standard InChI is InChI=1S/C27H32N2O5S/c1-6-33-24-13-14-26(34-7-2)25(17-24)28-27(30)22-10-8-9-21(16-22)18-29(35(5,31)32)23-12-11-19(3)20(4)15-23/h8-17H,6-7,18H2,1-5H3,(H,28,30). The Bertz CT molecular complexity index is 1300. The second kappa shape index (κ2) is 11.3. The van der Waals surface area contributed by atoms with Gasteiger partial charge in [-0.3, -0.25) is 9.10 Å². The Labute approximate surface area is 207 Å². The number of aryl methyl sites for hydroxylation is 2. The summed E-state index contributed by atoms with van der Waals surface area (Å²) in [6, 6.07) is 17.7. The van der Waals surface area contributed by atoms with Crippen molar-refractivity contribution in [1.29, 1.82) is 0 Å². The van der Waals surface area contributed by atoms with Crippen molar-refractivity contribution in [2.45, 2.75) is 34.2 Å². The maximum absolute atomic E-state index is 13.1. The number of sulfonamides is 1. The molecule has 3 aromatic rings. The predicted octanol–water partition coefficient (Wildman–Crippen LogP) is 5.32. The highest BCUT2D eigenvalue weighted by Crippen LogP contribution is 2.30. The zero-order valence-corrected chi connectivity index (χ0v) is 21.6. The molecule has 0 aliphatic carbocycles. The monoisotopic (exact) mass is 496 g/mol. The fourth-order valence-electron chi connectivity index (χ4n) is 3.60. The number of hydrogen-bond donors (Lipinski definition) is 1. The minimum Gasteiger partial charge on any atom is -0.494 e. The number of nitrogens with zero attached hydrogens (tertiary/aromatic N) is 1. The van der Waals surface area contributed by atoms with Gasteiger partial charge < -0.3 is 14.8 Å². The van der Waals surface area contributed by atoms with Gasteiger partial charge in [-0.1, -0.05) is 18.2 Å². The van der Waals surface area contributed by atoms with Crippen molar-refractivity contribution in [3.8, 4) is 11.5 Å². The Hall–Kier alpha value is -3.52. The Morgan fingerprint density at radius 2 is 1.66 bits per heavy atom. The first-order valence-corrected chi connectivity index (χ1v) is 13.3. The molecular weight excluding hydrogens is 464 g/mol. The molecule has 3 aromatic carbocycles. The molecule has 0 saturated carbocycles. The van der Waals surface area contributed by atoms with Crippen LogP contribution in [0.4, 0.5) is 11.4 Å². The predicted molar refractivity (Wildman–Crippen MR) is 140 cm³/mol. The van der Waals surface area contributed by atoms with E-state index in [1.807, 2.05) is 39.8 Å². The quantitative estimate of drug-likeness (QED) is 0.411. The lowest BCUT2D eigenvalue weighted by molar-refractivity contribution is 0.102. The van der Waals surface area contributed by atoms with Crippen molar-refractivity contribution in [1.82, 2.24) is 0 Å². The average Bonchev–Trinajstić information content (AvgIpc) is 2.81. The van der Waals surface area contributed by atoms with Gasteiger partial charge in [-0.2, -0.15) is 0 Å². The summed E-state index contributed by atoms with van der Waals surface area (Å²) in [5.41, 5.74) is 4.26.